The second-order valence-corrected chi connectivity index (χ2v) is 6.51. The molecule has 0 aliphatic heterocycles. The van der Waals surface area contributed by atoms with E-state index in [0.29, 0.717) is 12.5 Å². The monoisotopic (exact) mass is 342 g/mol. The van der Waals surface area contributed by atoms with Crippen molar-refractivity contribution in [3.63, 3.8) is 0 Å². The van der Waals surface area contributed by atoms with E-state index in [2.05, 4.69) is 59.8 Å². The molecule has 0 amide bonds. The van der Waals surface area contributed by atoms with Gasteiger partial charge in [-0.3, -0.25) is 4.90 Å². The first kappa shape index (κ1) is 17.6. The van der Waals surface area contributed by atoms with E-state index >= 15 is 0 Å². The fraction of sp³-hybridized carbons (Fsp3) is 0.625. The van der Waals surface area contributed by atoms with E-state index in [-0.39, 0.29) is 6.04 Å². The summed E-state index contributed by atoms with van der Waals surface area (Å²) in [5, 5.41) is 0. The predicted molar refractivity (Wildman–Crippen MR) is 89.0 cm³/mol. The van der Waals surface area contributed by atoms with Crippen LogP contribution in [0.1, 0.15) is 31.0 Å². The molecule has 0 radical (unpaired) electrons. The number of rotatable bonds is 8. The third-order valence-corrected chi connectivity index (χ3v) is 4.05. The lowest BCUT2D eigenvalue weighted by atomic mass is 10.0. The topological polar surface area (TPSA) is 38.5 Å². The van der Waals surface area contributed by atoms with E-state index in [1.807, 2.05) is 0 Å². The Morgan fingerprint density at radius 1 is 1.35 bits per heavy atom. The van der Waals surface area contributed by atoms with Gasteiger partial charge in [0.25, 0.3) is 0 Å². The molecule has 20 heavy (non-hydrogen) atoms. The summed E-state index contributed by atoms with van der Waals surface area (Å²) in [6, 6.07) is 6.70. The van der Waals surface area contributed by atoms with Crippen LogP contribution in [0.4, 0.5) is 0 Å². The van der Waals surface area contributed by atoms with E-state index in [1.165, 1.54) is 11.1 Å². The van der Waals surface area contributed by atoms with Gasteiger partial charge in [0.15, 0.2) is 0 Å². The minimum Gasteiger partial charge on any atom is -0.383 e. The first-order valence-electron chi connectivity index (χ1n) is 7.18. The number of ether oxygens (including phenoxy) is 1. The van der Waals surface area contributed by atoms with Crippen molar-refractivity contribution in [2.24, 2.45) is 11.7 Å². The largest absolute Gasteiger partial charge is 0.383 e. The molecule has 4 heteroatoms. The first-order chi connectivity index (χ1) is 9.49. The second-order valence-electron chi connectivity index (χ2n) is 5.66. The lowest BCUT2D eigenvalue weighted by molar-refractivity contribution is 0.111. The number of hydrogen-bond donors (Lipinski definition) is 1. The quantitative estimate of drug-likeness (QED) is 0.787. The third kappa shape index (κ3) is 5.17. The molecule has 1 aromatic carbocycles. The van der Waals surface area contributed by atoms with E-state index in [0.717, 1.165) is 24.2 Å². The predicted octanol–water partition coefficient (Wildman–Crippen LogP) is 3.36. The van der Waals surface area contributed by atoms with Gasteiger partial charge in [0, 0.05) is 37.3 Å². The molecule has 0 spiro atoms. The van der Waals surface area contributed by atoms with Crippen molar-refractivity contribution in [3.05, 3.63) is 33.8 Å². The normalized spacial score (nSPS) is 13.2. The lowest BCUT2D eigenvalue weighted by Gasteiger charge is -2.33. The van der Waals surface area contributed by atoms with Crippen molar-refractivity contribution in [1.82, 2.24) is 4.90 Å². The standard InChI is InChI=1S/C16H27BrN2O/c1-12(2)11-19(7-8-20-4)16(10-18)14-6-5-13(3)9-15(14)17/h5-6,9,12,16H,7-8,10-11,18H2,1-4H3. The van der Waals surface area contributed by atoms with Crippen molar-refractivity contribution in [1.29, 1.82) is 0 Å². The lowest BCUT2D eigenvalue weighted by Crippen LogP contribution is -2.38. The highest BCUT2D eigenvalue weighted by atomic mass is 79.9. The molecule has 114 valence electrons. The van der Waals surface area contributed by atoms with Gasteiger partial charge in [-0.25, -0.2) is 0 Å². The molecule has 0 aliphatic carbocycles. The summed E-state index contributed by atoms with van der Waals surface area (Å²) in [6.07, 6.45) is 0. The number of benzene rings is 1. The Kier molecular flexibility index (Phi) is 7.74. The fourth-order valence-electron chi connectivity index (χ4n) is 2.43. The Hall–Kier alpha value is -0.420. The summed E-state index contributed by atoms with van der Waals surface area (Å²) in [4.78, 5) is 2.42. The van der Waals surface area contributed by atoms with Gasteiger partial charge in [0.2, 0.25) is 0 Å². The van der Waals surface area contributed by atoms with Crippen molar-refractivity contribution in [3.8, 4) is 0 Å². The first-order valence-corrected chi connectivity index (χ1v) is 7.98. The molecular formula is C16H27BrN2O. The summed E-state index contributed by atoms with van der Waals surface area (Å²) in [5.74, 6) is 0.602. The van der Waals surface area contributed by atoms with E-state index in [1.54, 1.807) is 7.11 Å². The molecule has 0 saturated carbocycles. The van der Waals surface area contributed by atoms with Crippen LogP contribution in [0.5, 0.6) is 0 Å². The highest BCUT2D eigenvalue weighted by Gasteiger charge is 2.21. The van der Waals surface area contributed by atoms with Crippen molar-refractivity contribution in [2.45, 2.75) is 26.8 Å². The second kappa shape index (κ2) is 8.78. The molecule has 2 N–H and O–H groups in total. The molecule has 0 saturated heterocycles. The molecular weight excluding hydrogens is 316 g/mol. The SMILES string of the molecule is COCCN(CC(C)C)C(CN)c1ccc(C)cc1Br. The summed E-state index contributed by atoms with van der Waals surface area (Å²) >= 11 is 3.68. The van der Waals surface area contributed by atoms with Crippen LogP contribution in [0.15, 0.2) is 22.7 Å². The van der Waals surface area contributed by atoms with Crippen molar-refractivity contribution in [2.75, 3.05) is 33.4 Å². The minimum absolute atomic E-state index is 0.225. The van der Waals surface area contributed by atoms with Gasteiger partial charge in [-0.15, -0.1) is 0 Å². The van der Waals surface area contributed by atoms with Gasteiger partial charge in [-0.1, -0.05) is 41.9 Å². The zero-order valence-corrected chi connectivity index (χ0v) is 14.6. The van der Waals surface area contributed by atoms with Crippen molar-refractivity contribution < 1.29 is 4.74 Å². The summed E-state index contributed by atoms with van der Waals surface area (Å²) in [6.45, 7) is 9.82. The van der Waals surface area contributed by atoms with Gasteiger partial charge in [0.1, 0.15) is 0 Å². The van der Waals surface area contributed by atoms with E-state index in [4.69, 9.17) is 10.5 Å². The van der Waals surface area contributed by atoms with Gasteiger partial charge in [0.05, 0.1) is 6.61 Å². The molecule has 0 aromatic heterocycles. The number of hydrogen-bond acceptors (Lipinski definition) is 3. The Bertz CT molecular complexity index is 409. The molecule has 1 atom stereocenters. The Morgan fingerprint density at radius 3 is 2.55 bits per heavy atom. The van der Waals surface area contributed by atoms with Crippen LogP contribution in [0.3, 0.4) is 0 Å². The molecule has 0 fully saturated rings. The molecule has 0 aliphatic rings. The Morgan fingerprint density at radius 2 is 2.05 bits per heavy atom. The summed E-state index contributed by atoms with van der Waals surface area (Å²) in [7, 11) is 1.74. The van der Waals surface area contributed by atoms with Gasteiger partial charge in [-0.05, 0) is 30.0 Å². The zero-order valence-electron chi connectivity index (χ0n) is 13.0. The van der Waals surface area contributed by atoms with Crippen LogP contribution >= 0.6 is 15.9 Å². The van der Waals surface area contributed by atoms with Gasteiger partial charge in [-0.2, -0.15) is 0 Å². The molecule has 0 bridgehead atoms. The highest BCUT2D eigenvalue weighted by Crippen LogP contribution is 2.28. The number of aryl methyl sites for hydroxylation is 1. The average Bonchev–Trinajstić information content (AvgIpc) is 2.38. The third-order valence-electron chi connectivity index (χ3n) is 3.36. The maximum atomic E-state index is 6.06. The van der Waals surface area contributed by atoms with Crippen LogP contribution in [-0.2, 0) is 4.74 Å². The smallest absolute Gasteiger partial charge is 0.0589 e. The summed E-state index contributed by atoms with van der Waals surface area (Å²) < 4.78 is 6.38. The average molecular weight is 343 g/mol. The van der Waals surface area contributed by atoms with Crippen LogP contribution in [0.25, 0.3) is 0 Å². The zero-order chi connectivity index (χ0) is 15.1. The number of methoxy groups -OCH3 is 1. The van der Waals surface area contributed by atoms with E-state index in [9.17, 15) is 0 Å². The highest BCUT2D eigenvalue weighted by molar-refractivity contribution is 9.10. The van der Waals surface area contributed by atoms with Crippen molar-refractivity contribution >= 4 is 15.9 Å². The summed E-state index contributed by atoms with van der Waals surface area (Å²) in [5.41, 5.74) is 8.57. The number of nitrogens with zero attached hydrogens (tertiary/aromatic N) is 1. The van der Waals surface area contributed by atoms with Crippen LogP contribution < -0.4 is 5.73 Å². The molecule has 3 nitrogen and oxygen atoms in total. The van der Waals surface area contributed by atoms with Crippen LogP contribution in [-0.4, -0.2) is 38.3 Å². The maximum Gasteiger partial charge on any atom is 0.0589 e. The van der Waals surface area contributed by atoms with Gasteiger partial charge >= 0.3 is 0 Å². The fourth-order valence-corrected chi connectivity index (χ4v) is 3.18. The maximum absolute atomic E-state index is 6.06. The van der Waals surface area contributed by atoms with Gasteiger partial charge < -0.3 is 10.5 Å². The minimum atomic E-state index is 0.225. The van der Waals surface area contributed by atoms with Crippen LogP contribution in [0, 0.1) is 12.8 Å². The van der Waals surface area contributed by atoms with Crippen LogP contribution in [0.2, 0.25) is 0 Å². The number of nitrogens with two attached hydrogens (primary N) is 1. The van der Waals surface area contributed by atoms with E-state index < -0.39 is 0 Å². The molecule has 0 heterocycles. The molecule has 1 rings (SSSR count). The number of halogens is 1. The Labute approximate surface area is 131 Å². The molecule has 1 aromatic rings. The Balaban J connectivity index is 2.98. The molecule has 1 unspecified atom stereocenters.